The van der Waals surface area contributed by atoms with Crippen molar-refractivity contribution in [2.45, 2.75) is 65.7 Å². The van der Waals surface area contributed by atoms with Crippen molar-refractivity contribution < 1.29 is 14.6 Å². The van der Waals surface area contributed by atoms with Gasteiger partial charge in [-0.2, -0.15) is 0 Å². The Bertz CT molecular complexity index is 1130. The number of ether oxygens (including phenoxy) is 2. The van der Waals surface area contributed by atoms with Gasteiger partial charge >= 0.3 is 0 Å². The van der Waals surface area contributed by atoms with Crippen molar-refractivity contribution in [3.05, 3.63) is 102 Å². The number of hydrogen-bond donors (Lipinski definition) is 3. The highest BCUT2D eigenvalue weighted by Gasteiger charge is 2.36. The minimum Gasteiger partial charge on any atom is -0.496 e. The van der Waals surface area contributed by atoms with Gasteiger partial charge in [-0.25, -0.2) is 0 Å². The SMILES string of the molecule is C=C.C=C(C)Nc1ccc(C/C(C(=C2CC2)C(c2c(OC)cccc2OC)C(C)CCC(C)C)=C(/N)O)cc1. The number of benzene rings is 2. The normalized spacial score (nSPS) is 14.4. The molecule has 0 heterocycles. The van der Waals surface area contributed by atoms with Crippen LogP contribution >= 0.6 is 0 Å². The molecule has 0 saturated heterocycles. The van der Waals surface area contributed by atoms with Crippen molar-refractivity contribution in [1.29, 1.82) is 0 Å². The fourth-order valence-electron chi connectivity index (χ4n) is 5.10. The van der Waals surface area contributed by atoms with Gasteiger partial charge < -0.3 is 25.6 Å². The summed E-state index contributed by atoms with van der Waals surface area (Å²) < 4.78 is 11.7. The Morgan fingerprint density at radius 3 is 1.97 bits per heavy atom. The highest BCUT2D eigenvalue weighted by atomic mass is 16.5. The van der Waals surface area contributed by atoms with Crippen LogP contribution in [0.3, 0.4) is 0 Å². The Hall–Kier alpha value is -3.60. The fourth-order valence-corrected chi connectivity index (χ4v) is 5.10. The summed E-state index contributed by atoms with van der Waals surface area (Å²) >= 11 is 0. The second-order valence-electron chi connectivity index (χ2n) is 10.7. The summed E-state index contributed by atoms with van der Waals surface area (Å²) in [5, 5.41) is 14.1. The van der Waals surface area contributed by atoms with Crippen LogP contribution in [-0.4, -0.2) is 19.3 Å². The van der Waals surface area contributed by atoms with E-state index in [1.165, 1.54) is 5.57 Å². The molecule has 212 valence electrons. The van der Waals surface area contributed by atoms with Crippen LogP contribution in [0, 0.1) is 11.8 Å². The molecule has 0 aliphatic heterocycles. The number of rotatable bonds is 13. The first kappa shape index (κ1) is 31.6. The maximum atomic E-state index is 10.9. The molecule has 0 amide bonds. The van der Waals surface area contributed by atoms with Gasteiger partial charge in [-0.05, 0) is 73.4 Å². The van der Waals surface area contributed by atoms with Crippen LogP contribution in [0.1, 0.15) is 70.4 Å². The van der Waals surface area contributed by atoms with E-state index in [9.17, 15) is 5.11 Å². The third kappa shape index (κ3) is 8.71. The summed E-state index contributed by atoms with van der Waals surface area (Å²) in [6.07, 6.45) is 4.72. The van der Waals surface area contributed by atoms with Crippen molar-refractivity contribution in [2.75, 3.05) is 19.5 Å². The quantitative estimate of drug-likeness (QED) is 0.178. The lowest BCUT2D eigenvalue weighted by Gasteiger charge is -2.32. The van der Waals surface area contributed by atoms with Gasteiger partial charge in [0.25, 0.3) is 0 Å². The first-order chi connectivity index (χ1) is 18.7. The van der Waals surface area contributed by atoms with Crippen molar-refractivity contribution >= 4 is 5.69 Å². The van der Waals surface area contributed by atoms with Crippen molar-refractivity contribution in [3.63, 3.8) is 0 Å². The average Bonchev–Trinajstić information content (AvgIpc) is 3.76. The molecule has 4 N–H and O–H groups in total. The van der Waals surface area contributed by atoms with Gasteiger partial charge in [-0.15, -0.1) is 13.2 Å². The van der Waals surface area contributed by atoms with E-state index in [1.807, 2.05) is 37.3 Å². The smallest absolute Gasteiger partial charge is 0.185 e. The fraction of sp³-hybridized carbons (Fsp3) is 0.412. The monoisotopic (exact) mass is 532 g/mol. The summed E-state index contributed by atoms with van der Waals surface area (Å²) in [4.78, 5) is 0. The molecule has 2 unspecified atom stereocenters. The van der Waals surface area contributed by atoms with Crippen molar-refractivity contribution in [1.82, 2.24) is 0 Å². The van der Waals surface area contributed by atoms with E-state index in [0.29, 0.717) is 12.3 Å². The van der Waals surface area contributed by atoms with Gasteiger partial charge in [0.05, 0.1) is 14.2 Å². The first-order valence-electron chi connectivity index (χ1n) is 13.8. The zero-order chi connectivity index (χ0) is 29.1. The number of nitrogens with two attached hydrogens (primary N) is 1. The molecule has 2 aromatic rings. The van der Waals surface area contributed by atoms with Gasteiger partial charge in [0.15, 0.2) is 5.88 Å². The van der Waals surface area contributed by atoms with E-state index in [0.717, 1.165) is 70.8 Å². The molecule has 0 radical (unpaired) electrons. The first-order valence-corrected chi connectivity index (χ1v) is 13.8. The van der Waals surface area contributed by atoms with Crippen LogP contribution in [0.5, 0.6) is 11.5 Å². The summed E-state index contributed by atoms with van der Waals surface area (Å²) in [6, 6.07) is 14.2. The number of nitrogens with one attached hydrogen (secondary N) is 1. The highest BCUT2D eigenvalue weighted by molar-refractivity contribution is 5.58. The number of aliphatic hydroxyl groups is 1. The van der Waals surface area contributed by atoms with E-state index < -0.39 is 0 Å². The molecule has 1 aliphatic carbocycles. The lowest BCUT2D eigenvalue weighted by Crippen LogP contribution is -2.20. The Labute approximate surface area is 236 Å². The molecule has 2 atom stereocenters. The Morgan fingerprint density at radius 2 is 1.54 bits per heavy atom. The second kappa shape index (κ2) is 15.1. The molecule has 0 spiro atoms. The van der Waals surface area contributed by atoms with Gasteiger partial charge in [0.1, 0.15) is 11.5 Å². The van der Waals surface area contributed by atoms with Crippen LogP contribution in [0.4, 0.5) is 5.69 Å². The minimum atomic E-state index is -0.117. The van der Waals surface area contributed by atoms with Crippen LogP contribution in [-0.2, 0) is 6.42 Å². The standard InChI is InChI=1S/C32H44N2O3.C2H4/c1-20(2)11-12-22(5)29(31-27(36-6)9-8-10-28(31)37-7)30(24-15-16-24)26(32(33)35)19-23-13-17-25(18-14-23)34-21(3)4;1-2/h8-10,13-14,17-18,20,22,29,34-35H,3,11-12,15-16,19,33H2,1-2,4-7H3;1-2H2/b32-26+;. The zero-order valence-electron chi connectivity index (χ0n) is 24.8. The molecular formula is C34H48N2O3. The second-order valence-corrected chi connectivity index (χ2v) is 10.7. The third-order valence-corrected chi connectivity index (χ3v) is 7.06. The largest absolute Gasteiger partial charge is 0.496 e. The summed E-state index contributed by atoms with van der Waals surface area (Å²) in [6.45, 7) is 18.7. The molecule has 0 aromatic heterocycles. The van der Waals surface area contributed by atoms with Gasteiger partial charge in [-0.3, -0.25) is 0 Å². The van der Waals surface area contributed by atoms with E-state index in [2.05, 4.69) is 58.0 Å². The molecular weight excluding hydrogens is 484 g/mol. The Kier molecular flexibility index (Phi) is 12.2. The predicted molar refractivity (Wildman–Crippen MR) is 165 cm³/mol. The molecule has 2 aromatic carbocycles. The van der Waals surface area contributed by atoms with Crippen LogP contribution in [0.2, 0.25) is 0 Å². The van der Waals surface area contributed by atoms with Crippen molar-refractivity contribution in [2.24, 2.45) is 17.6 Å². The Balaban J connectivity index is 0.00000260. The van der Waals surface area contributed by atoms with E-state index in [-0.39, 0.29) is 17.7 Å². The summed E-state index contributed by atoms with van der Waals surface area (Å²) in [7, 11) is 3.41. The minimum absolute atomic E-state index is 0.0209. The van der Waals surface area contributed by atoms with E-state index in [1.54, 1.807) is 14.2 Å². The number of anilines is 1. The molecule has 1 aliphatic rings. The van der Waals surface area contributed by atoms with Crippen molar-refractivity contribution in [3.8, 4) is 11.5 Å². The molecule has 5 heteroatoms. The number of hydrogen-bond acceptors (Lipinski definition) is 5. The maximum absolute atomic E-state index is 10.9. The van der Waals surface area contributed by atoms with Crippen LogP contribution in [0.25, 0.3) is 0 Å². The van der Waals surface area contributed by atoms with E-state index >= 15 is 0 Å². The lowest BCUT2D eigenvalue weighted by atomic mass is 9.74. The van der Waals surface area contributed by atoms with Gasteiger partial charge in [0, 0.05) is 34.9 Å². The molecule has 39 heavy (non-hydrogen) atoms. The topological polar surface area (TPSA) is 76.7 Å². The molecule has 3 rings (SSSR count). The molecule has 5 nitrogen and oxygen atoms in total. The summed E-state index contributed by atoms with van der Waals surface area (Å²) in [5.41, 5.74) is 13.5. The van der Waals surface area contributed by atoms with Crippen LogP contribution < -0.4 is 20.5 Å². The van der Waals surface area contributed by atoms with Crippen LogP contribution in [0.15, 0.2) is 90.5 Å². The van der Waals surface area contributed by atoms with Gasteiger partial charge in [0.2, 0.25) is 0 Å². The maximum Gasteiger partial charge on any atom is 0.185 e. The lowest BCUT2D eigenvalue weighted by molar-refractivity contribution is 0.355. The van der Waals surface area contributed by atoms with Gasteiger partial charge in [-0.1, -0.05) is 57.5 Å². The molecule has 1 fully saturated rings. The highest BCUT2D eigenvalue weighted by Crippen LogP contribution is 2.51. The Morgan fingerprint density at radius 1 is 0.974 bits per heavy atom. The number of methoxy groups -OCH3 is 2. The molecule has 0 bridgehead atoms. The van der Waals surface area contributed by atoms with E-state index in [4.69, 9.17) is 15.2 Å². The third-order valence-electron chi connectivity index (χ3n) is 7.06. The average molecular weight is 533 g/mol. The summed E-state index contributed by atoms with van der Waals surface area (Å²) in [5.74, 6) is 2.34. The number of allylic oxidation sites excluding steroid dienone is 4. The predicted octanol–water partition coefficient (Wildman–Crippen LogP) is 8.67. The molecule has 1 saturated carbocycles. The zero-order valence-corrected chi connectivity index (χ0v) is 24.8. The number of aliphatic hydroxyl groups excluding tert-OH is 1.